The van der Waals surface area contributed by atoms with Crippen molar-refractivity contribution in [2.45, 2.75) is 40.0 Å². The molecule has 0 amide bonds. The van der Waals surface area contributed by atoms with Gasteiger partial charge in [-0.1, -0.05) is 32.9 Å². The molecule has 4 nitrogen and oxygen atoms in total. The molecule has 0 aliphatic rings. The van der Waals surface area contributed by atoms with E-state index in [0.717, 1.165) is 11.1 Å². The van der Waals surface area contributed by atoms with Gasteiger partial charge in [-0.15, -0.1) is 0 Å². The summed E-state index contributed by atoms with van der Waals surface area (Å²) in [6.45, 7) is 10.4. The summed E-state index contributed by atoms with van der Waals surface area (Å²) < 4.78 is 0. The fraction of sp³-hybridized carbons (Fsp3) is 0.400. The molecule has 1 heterocycles. The van der Waals surface area contributed by atoms with Crippen molar-refractivity contribution in [2.75, 3.05) is 5.73 Å². The number of nitrogens with zero attached hydrogens (tertiary/aromatic N) is 3. The molecule has 2 N–H and O–H groups in total. The molecule has 2 rings (SSSR count). The van der Waals surface area contributed by atoms with Crippen LogP contribution in [0.2, 0.25) is 0 Å². The van der Waals surface area contributed by atoms with Gasteiger partial charge >= 0.3 is 0 Å². The number of hydrogen-bond donors (Lipinski definition) is 1. The number of rotatable bonds is 1. The molecule has 0 aliphatic heterocycles. The quantitative estimate of drug-likeness (QED) is 0.851. The van der Waals surface area contributed by atoms with Crippen LogP contribution in [0, 0.1) is 13.8 Å². The first-order chi connectivity index (χ1) is 8.77. The fourth-order valence-corrected chi connectivity index (χ4v) is 1.95. The summed E-state index contributed by atoms with van der Waals surface area (Å²) in [6, 6.07) is 6.39. The van der Waals surface area contributed by atoms with E-state index in [9.17, 15) is 0 Å². The molecule has 0 bridgehead atoms. The minimum atomic E-state index is 0.0933. The summed E-state index contributed by atoms with van der Waals surface area (Å²) in [6.07, 6.45) is 0. The lowest BCUT2D eigenvalue weighted by Gasteiger charge is -2.20. The van der Waals surface area contributed by atoms with Gasteiger partial charge in [-0.25, -0.2) is 4.98 Å². The average molecular weight is 256 g/mol. The Morgan fingerprint density at radius 1 is 1.00 bits per heavy atom. The Kier molecular flexibility index (Phi) is 3.27. The lowest BCUT2D eigenvalue weighted by atomic mass is 9.85. The number of aryl methyl sites for hydroxylation is 2. The predicted molar refractivity (Wildman–Crippen MR) is 77.8 cm³/mol. The monoisotopic (exact) mass is 256 g/mol. The van der Waals surface area contributed by atoms with Crippen LogP contribution in [0.15, 0.2) is 18.2 Å². The third kappa shape index (κ3) is 2.89. The van der Waals surface area contributed by atoms with Crippen LogP contribution in [0.1, 0.15) is 37.7 Å². The Hall–Kier alpha value is -1.97. The predicted octanol–water partition coefficient (Wildman–Crippen LogP) is 3.04. The van der Waals surface area contributed by atoms with Gasteiger partial charge in [0.2, 0.25) is 5.95 Å². The number of aromatic nitrogens is 3. The van der Waals surface area contributed by atoms with Gasteiger partial charge in [0.15, 0.2) is 5.82 Å². The van der Waals surface area contributed by atoms with E-state index in [1.165, 1.54) is 5.56 Å². The maximum Gasteiger partial charge on any atom is 0.223 e. The van der Waals surface area contributed by atoms with Crippen molar-refractivity contribution >= 4 is 5.95 Å². The average Bonchev–Trinajstić information content (AvgIpc) is 2.26. The van der Waals surface area contributed by atoms with Gasteiger partial charge in [0.25, 0.3) is 0 Å². The second-order valence-electron chi connectivity index (χ2n) is 5.84. The molecule has 0 aliphatic carbocycles. The second-order valence-corrected chi connectivity index (χ2v) is 5.84. The van der Waals surface area contributed by atoms with Crippen molar-refractivity contribution in [1.29, 1.82) is 0 Å². The summed E-state index contributed by atoms with van der Waals surface area (Å²) >= 11 is 0. The summed E-state index contributed by atoms with van der Waals surface area (Å²) in [5, 5.41) is 0. The Labute approximate surface area is 114 Å². The third-order valence-electron chi connectivity index (χ3n) is 3.11. The van der Waals surface area contributed by atoms with E-state index in [1.807, 2.05) is 6.92 Å². The van der Waals surface area contributed by atoms with E-state index in [0.29, 0.717) is 11.6 Å². The Morgan fingerprint density at radius 3 is 2.26 bits per heavy atom. The molecule has 100 valence electrons. The molecule has 0 spiro atoms. The summed E-state index contributed by atoms with van der Waals surface area (Å²) in [5.74, 6) is 1.56. The van der Waals surface area contributed by atoms with E-state index < -0.39 is 0 Å². The summed E-state index contributed by atoms with van der Waals surface area (Å²) in [5.41, 5.74) is 9.21. The van der Waals surface area contributed by atoms with E-state index in [4.69, 9.17) is 5.73 Å². The molecular formula is C15H20N4. The van der Waals surface area contributed by atoms with Crippen molar-refractivity contribution in [3.8, 4) is 11.4 Å². The molecular weight excluding hydrogens is 236 g/mol. The Balaban J connectivity index is 2.61. The number of hydrogen-bond acceptors (Lipinski definition) is 4. The molecule has 19 heavy (non-hydrogen) atoms. The third-order valence-corrected chi connectivity index (χ3v) is 3.11. The molecule has 1 aromatic heterocycles. The maximum atomic E-state index is 5.71. The van der Waals surface area contributed by atoms with E-state index in [-0.39, 0.29) is 11.4 Å². The highest BCUT2D eigenvalue weighted by atomic mass is 15.1. The molecule has 0 fully saturated rings. The first kappa shape index (κ1) is 13.5. The minimum Gasteiger partial charge on any atom is -0.368 e. The first-order valence-electron chi connectivity index (χ1n) is 6.37. The van der Waals surface area contributed by atoms with Crippen LogP contribution in [0.4, 0.5) is 5.95 Å². The largest absolute Gasteiger partial charge is 0.368 e. The van der Waals surface area contributed by atoms with Gasteiger partial charge in [-0.2, -0.15) is 9.97 Å². The van der Waals surface area contributed by atoms with Gasteiger partial charge in [0.1, 0.15) is 5.82 Å². The second kappa shape index (κ2) is 4.61. The van der Waals surface area contributed by atoms with E-state index in [2.05, 4.69) is 60.8 Å². The lowest BCUT2D eigenvalue weighted by Crippen LogP contribution is -2.11. The van der Waals surface area contributed by atoms with E-state index in [1.54, 1.807) is 0 Å². The lowest BCUT2D eigenvalue weighted by molar-refractivity contribution is 0.590. The number of nitrogen functional groups attached to an aromatic ring is 1. The Bertz CT molecular complexity index is 592. The standard InChI is InChI=1S/C15H20N4/c1-9-6-7-11(15(3,4)5)8-12(9)13-17-10(2)18-14(16)19-13/h6-8H,1-5H3,(H2,16,17,18,19). The van der Waals surface area contributed by atoms with Crippen molar-refractivity contribution in [3.63, 3.8) is 0 Å². The molecule has 0 radical (unpaired) electrons. The van der Waals surface area contributed by atoms with Gasteiger partial charge in [0, 0.05) is 5.56 Å². The van der Waals surface area contributed by atoms with Crippen LogP contribution in [0.5, 0.6) is 0 Å². The zero-order valence-corrected chi connectivity index (χ0v) is 12.2. The fourth-order valence-electron chi connectivity index (χ4n) is 1.95. The van der Waals surface area contributed by atoms with Crippen molar-refractivity contribution in [2.24, 2.45) is 0 Å². The number of nitrogens with two attached hydrogens (primary N) is 1. The highest BCUT2D eigenvalue weighted by Gasteiger charge is 2.16. The zero-order chi connectivity index (χ0) is 14.2. The maximum absolute atomic E-state index is 5.71. The molecule has 0 unspecified atom stereocenters. The summed E-state index contributed by atoms with van der Waals surface area (Å²) in [4.78, 5) is 12.6. The molecule has 2 aromatic rings. The van der Waals surface area contributed by atoms with Gasteiger partial charge in [-0.3, -0.25) is 0 Å². The van der Waals surface area contributed by atoms with Gasteiger partial charge < -0.3 is 5.73 Å². The molecule has 1 aromatic carbocycles. The molecule has 0 atom stereocenters. The topological polar surface area (TPSA) is 64.7 Å². The highest BCUT2D eigenvalue weighted by Crippen LogP contribution is 2.28. The van der Waals surface area contributed by atoms with Crippen LogP contribution >= 0.6 is 0 Å². The highest BCUT2D eigenvalue weighted by molar-refractivity contribution is 5.62. The van der Waals surface area contributed by atoms with Gasteiger partial charge in [-0.05, 0) is 36.5 Å². The molecule has 4 heteroatoms. The first-order valence-corrected chi connectivity index (χ1v) is 6.37. The van der Waals surface area contributed by atoms with E-state index >= 15 is 0 Å². The van der Waals surface area contributed by atoms with Crippen molar-refractivity contribution < 1.29 is 0 Å². The number of benzene rings is 1. The van der Waals surface area contributed by atoms with Crippen molar-refractivity contribution in [1.82, 2.24) is 15.0 Å². The smallest absolute Gasteiger partial charge is 0.223 e. The van der Waals surface area contributed by atoms with Gasteiger partial charge in [0.05, 0.1) is 0 Å². The van der Waals surface area contributed by atoms with Crippen LogP contribution in [0.3, 0.4) is 0 Å². The van der Waals surface area contributed by atoms with Crippen LogP contribution in [0.25, 0.3) is 11.4 Å². The zero-order valence-electron chi connectivity index (χ0n) is 12.2. The molecule has 0 saturated carbocycles. The minimum absolute atomic E-state index is 0.0933. The number of anilines is 1. The normalized spacial score (nSPS) is 11.6. The SMILES string of the molecule is Cc1nc(N)nc(-c2cc(C(C)(C)C)ccc2C)n1. The van der Waals surface area contributed by atoms with Crippen LogP contribution in [-0.4, -0.2) is 15.0 Å². The Morgan fingerprint density at radius 2 is 1.68 bits per heavy atom. The van der Waals surface area contributed by atoms with Crippen LogP contribution in [-0.2, 0) is 5.41 Å². The van der Waals surface area contributed by atoms with Crippen LogP contribution < -0.4 is 5.73 Å². The summed E-state index contributed by atoms with van der Waals surface area (Å²) in [7, 11) is 0. The molecule has 0 saturated heterocycles. The van der Waals surface area contributed by atoms with Crippen molar-refractivity contribution in [3.05, 3.63) is 35.2 Å².